The van der Waals surface area contributed by atoms with Gasteiger partial charge in [0, 0.05) is 29.4 Å². The fourth-order valence-corrected chi connectivity index (χ4v) is 4.37. The molecule has 2 aromatic rings. The van der Waals surface area contributed by atoms with Crippen LogP contribution in [0, 0.1) is 19.8 Å². The van der Waals surface area contributed by atoms with Gasteiger partial charge >= 0.3 is 0 Å². The van der Waals surface area contributed by atoms with Crippen LogP contribution < -0.4 is 15.2 Å². The summed E-state index contributed by atoms with van der Waals surface area (Å²) in [5.74, 6) is 1.27. The van der Waals surface area contributed by atoms with E-state index < -0.39 is 0 Å². The summed E-state index contributed by atoms with van der Waals surface area (Å²) in [4.78, 5) is 26.4. The SMILES string of the molecule is COc1ccc(CCn2c(C)cc(C(=O)CN3CCC(C(N)=O)CC3)c2C)cc1OC. The van der Waals surface area contributed by atoms with E-state index in [9.17, 15) is 9.59 Å². The van der Waals surface area contributed by atoms with Crippen molar-refractivity contribution in [1.29, 1.82) is 0 Å². The quantitative estimate of drug-likeness (QED) is 0.622. The van der Waals surface area contributed by atoms with E-state index in [0.717, 1.165) is 67.2 Å². The van der Waals surface area contributed by atoms with Crippen molar-refractivity contribution in [2.45, 2.75) is 39.7 Å². The summed E-state index contributed by atoms with van der Waals surface area (Å²) in [6, 6.07) is 7.94. The first-order chi connectivity index (χ1) is 14.8. The van der Waals surface area contributed by atoms with Crippen LogP contribution in [0.1, 0.15) is 40.2 Å². The van der Waals surface area contributed by atoms with E-state index >= 15 is 0 Å². The van der Waals surface area contributed by atoms with Crippen LogP contribution in [0.15, 0.2) is 24.3 Å². The molecule has 0 unspecified atom stereocenters. The molecule has 1 amide bonds. The molecule has 3 rings (SSSR count). The standard InChI is InChI=1S/C24H33N3O4/c1-16-13-20(21(28)15-26-10-8-19(9-11-26)24(25)29)17(2)27(16)12-7-18-5-6-22(30-3)23(14-18)31-4/h5-6,13-14,19H,7-12,15H2,1-4H3,(H2,25,29). The number of aromatic nitrogens is 1. The zero-order chi connectivity index (χ0) is 22.5. The number of nitrogens with zero attached hydrogens (tertiary/aromatic N) is 2. The van der Waals surface area contributed by atoms with Gasteiger partial charge in [0.05, 0.1) is 20.8 Å². The Morgan fingerprint density at radius 2 is 1.74 bits per heavy atom. The highest BCUT2D eigenvalue weighted by Gasteiger charge is 2.25. The van der Waals surface area contributed by atoms with Gasteiger partial charge in [-0.2, -0.15) is 0 Å². The Morgan fingerprint density at radius 1 is 1.06 bits per heavy atom. The number of hydrogen-bond acceptors (Lipinski definition) is 5. The third-order valence-corrected chi connectivity index (χ3v) is 6.30. The van der Waals surface area contributed by atoms with E-state index in [-0.39, 0.29) is 17.6 Å². The minimum Gasteiger partial charge on any atom is -0.493 e. The van der Waals surface area contributed by atoms with E-state index in [4.69, 9.17) is 15.2 Å². The lowest BCUT2D eigenvalue weighted by Crippen LogP contribution is -2.40. The number of methoxy groups -OCH3 is 2. The summed E-state index contributed by atoms with van der Waals surface area (Å²) in [5.41, 5.74) is 9.41. The highest BCUT2D eigenvalue weighted by Crippen LogP contribution is 2.28. The van der Waals surface area contributed by atoms with Crippen molar-refractivity contribution in [2.24, 2.45) is 11.7 Å². The zero-order valence-electron chi connectivity index (χ0n) is 18.9. The fraction of sp³-hybridized carbons (Fsp3) is 0.500. The van der Waals surface area contributed by atoms with Crippen LogP contribution in [0.25, 0.3) is 0 Å². The van der Waals surface area contributed by atoms with Gasteiger partial charge in [0.1, 0.15) is 0 Å². The first-order valence-corrected chi connectivity index (χ1v) is 10.8. The lowest BCUT2D eigenvalue weighted by Gasteiger charge is -2.29. The third-order valence-electron chi connectivity index (χ3n) is 6.30. The maximum Gasteiger partial charge on any atom is 0.220 e. The summed E-state index contributed by atoms with van der Waals surface area (Å²) in [5, 5.41) is 0. The van der Waals surface area contributed by atoms with Gasteiger partial charge in [0.2, 0.25) is 5.91 Å². The van der Waals surface area contributed by atoms with E-state index in [0.29, 0.717) is 12.3 Å². The molecular weight excluding hydrogens is 394 g/mol. The van der Waals surface area contributed by atoms with Crippen LogP contribution >= 0.6 is 0 Å². The predicted octanol–water partition coefficient (Wildman–Crippen LogP) is 2.74. The number of Topliss-reactive ketones (excluding diaryl/α,β-unsaturated/α-hetero) is 1. The number of primary amides is 1. The van der Waals surface area contributed by atoms with Crippen molar-refractivity contribution in [3.8, 4) is 11.5 Å². The average molecular weight is 428 g/mol. The predicted molar refractivity (Wildman–Crippen MR) is 120 cm³/mol. The molecule has 0 atom stereocenters. The third kappa shape index (κ3) is 5.28. The molecule has 0 radical (unpaired) electrons. The largest absolute Gasteiger partial charge is 0.493 e. The van der Waals surface area contributed by atoms with Gasteiger partial charge in [-0.25, -0.2) is 0 Å². The highest BCUT2D eigenvalue weighted by atomic mass is 16.5. The minimum absolute atomic E-state index is 0.0620. The number of likely N-dealkylation sites (tertiary alicyclic amines) is 1. The number of piperidine rings is 1. The van der Waals surface area contributed by atoms with Crippen molar-refractivity contribution in [3.63, 3.8) is 0 Å². The first kappa shape index (κ1) is 22.9. The molecule has 1 aromatic carbocycles. The molecule has 31 heavy (non-hydrogen) atoms. The second-order valence-electron chi connectivity index (χ2n) is 8.25. The molecule has 1 aliphatic heterocycles. The van der Waals surface area contributed by atoms with E-state index in [1.165, 1.54) is 0 Å². The van der Waals surface area contributed by atoms with Crippen LogP contribution in [0.2, 0.25) is 0 Å². The topological polar surface area (TPSA) is 86.8 Å². The molecule has 0 spiro atoms. The summed E-state index contributed by atoms with van der Waals surface area (Å²) < 4.78 is 12.9. The number of nitrogens with two attached hydrogens (primary N) is 1. The van der Waals surface area contributed by atoms with Crippen LogP contribution in [-0.2, 0) is 17.8 Å². The zero-order valence-corrected chi connectivity index (χ0v) is 18.9. The molecule has 1 aliphatic rings. The van der Waals surface area contributed by atoms with Gasteiger partial charge in [-0.15, -0.1) is 0 Å². The fourth-order valence-electron chi connectivity index (χ4n) is 4.37. The number of aryl methyl sites for hydroxylation is 2. The van der Waals surface area contributed by atoms with E-state index in [1.807, 2.05) is 38.1 Å². The molecule has 1 saturated heterocycles. The molecule has 2 heterocycles. The Labute approximate surface area is 184 Å². The molecule has 7 nitrogen and oxygen atoms in total. The number of amides is 1. The summed E-state index contributed by atoms with van der Waals surface area (Å²) in [6.07, 6.45) is 2.28. The second kappa shape index (κ2) is 10.0. The molecule has 0 aliphatic carbocycles. The number of rotatable bonds is 9. The molecule has 1 fully saturated rings. The number of carbonyl (C=O) groups is 2. The van der Waals surface area contributed by atoms with Gasteiger partial charge in [-0.05, 0) is 70.0 Å². The molecule has 0 saturated carbocycles. The highest BCUT2D eigenvalue weighted by molar-refractivity contribution is 5.99. The maximum absolute atomic E-state index is 13.0. The number of hydrogen-bond donors (Lipinski definition) is 1. The number of ketones is 1. The average Bonchev–Trinajstić information content (AvgIpc) is 3.05. The Bertz CT molecular complexity index is 943. The first-order valence-electron chi connectivity index (χ1n) is 10.8. The van der Waals surface area contributed by atoms with Crippen LogP contribution in [0.5, 0.6) is 11.5 Å². The number of benzene rings is 1. The van der Waals surface area contributed by atoms with Crippen LogP contribution in [0.4, 0.5) is 0 Å². The van der Waals surface area contributed by atoms with Crippen molar-refractivity contribution in [2.75, 3.05) is 33.9 Å². The maximum atomic E-state index is 13.0. The van der Waals surface area contributed by atoms with Crippen molar-refractivity contribution in [3.05, 3.63) is 46.8 Å². The molecule has 0 bridgehead atoms. The number of ether oxygens (including phenoxy) is 2. The van der Waals surface area contributed by atoms with Gasteiger partial charge in [0.15, 0.2) is 17.3 Å². The molecule has 2 N–H and O–H groups in total. The monoisotopic (exact) mass is 427 g/mol. The lowest BCUT2D eigenvalue weighted by molar-refractivity contribution is -0.123. The van der Waals surface area contributed by atoms with Crippen LogP contribution in [-0.4, -0.2) is 55.0 Å². The summed E-state index contributed by atoms with van der Waals surface area (Å²) in [6.45, 7) is 6.68. The molecule has 1 aromatic heterocycles. The van der Waals surface area contributed by atoms with Crippen molar-refractivity contribution >= 4 is 11.7 Å². The van der Waals surface area contributed by atoms with Gasteiger partial charge in [-0.1, -0.05) is 6.07 Å². The summed E-state index contributed by atoms with van der Waals surface area (Å²) >= 11 is 0. The smallest absolute Gasteiger partial charge is 0.220 e. The van der Waals surface area contributed by atoms with Crippen LogP contribution in [0.3, 0.4) is 0 Å². The van der Waals surface area contributed by atoms with Gasteiger partial charge in [-0.3, -0.25) is 14.5 Å². The molecule has 168 valence electrons. The Balaban J connectivity index is 1.64. The van der Waals surface area contributed by atoms with E-state index in [1.54, 1.807) is 14.2 Å². The Morgan fingerprint density at radius 3 is 2.35 bits per heavy atom. The van der Waals surface area contributed by atoms with Crippen molar-refractivity contribution < 1.29 is 19.1 Å². The normalized spacial score (nSPS) is 15.1. The minimum atomic E-state index is -0.232. The Kier molecular flexibility index (Phi) is 7.38. The van der Waals surface area contributed by atoms with Gasteiger partial charge in [0.25, 0.3) is 0 Å². The lowest BCUT2D eigenvalue weighted by atomic mass is 9.96. The van der Waals surface area contributed by atoms with Gasteiger partial charge < -0.3 is 19.8 Å². The van der Waals surface area contributed by atoms with E-state index in [2.05, 4.69) is 9.47 Å². The molecular formula is C24H33N3O4. The van der Waals surface area contributed by atoms with Crippen molar-refractivity contribution in [1.82, 2.24) is 9.47 Å². The number of carbonyl (C=O) groups excluding carboxylic acids is 2. The molecule has 7 heteroatoms. The Hall–Kier alpha value is -2.80. The summed E-state index contributed by atoms with van der Waals surface area (Å²) in [7, 11) is 3.26. The second-order valence-corrected chi connectivity index (χ2v) is 8.25.